The van der Waals surface area contributed by atoms with E-state index in [-0.39, 0.29) is 25.1 Å². The smallest absolute Gasteiger partial charge is 0.253 e. The lowest BCUT2D eigenvalue weighted by Crippen LogP contribution is -2.50. The van der Waals surface area contributed by atoms with Gasteiger partial charge in [-0.15, -0.1) is 0 Å². The molecule has 0 spiro atoms. The van der Waals surface area contributed by atoms with E-state index in [1.54, 1.807) is 23.1 Å². The minimum atomic E-state index is -3.51. The van der Waals surface area contributed by atoms with Crippen LogP contribution in [0.4, 0.5) is 0 Å². The molecule has 4 rings (SSSR count). The van der Waals surface area contributed by atoms with E-state index >= 15 is 0 Å². The molecule has 1 aliphatic carbocycles. The first-order chi connectivity index (χ1) is 15.0. The summed E-state index contributed by atoms with van der Waals surface area (Å²) in [5, 5.41) is 1.24. The Hall–Kier alpha value is -2.64. The number of benzene rings is 2. The Morgan fingerprint density at radius 3 is 2.19 bits per heavy atom. The molecule has 2 fully saturated rings. The molecule has 2 aliphatic rings. The highest BCUT2D eigenvalue weighted by atomic mass is 32.2. The lowest BCUT2D eigenvalue weighted by Gasteiger charge is -2.33. The Labute approximate surface area is 184 Å². The molecule has 0 bridgehead atoms. The van der Waals surface area contributed by atoms with Crippen LogP contribution in [0.5, 0.6) is 5.75 Å². The molecule has 0 N–H and O–H groups in total. The van der Waals surface area contributed by atoms with Crippen LogP contribution in [-0.2, 0) is 10.0 Å². The number of hydrogen-bond donors (Lipinski definition) is 0. The largest absolute Gasteiger partial charge is 0.490 e. The van der Waals surface area contributed by atoms with Crippen LogP contribution in [-0.4, -0.2) is 55.8 Å². The third-order valence-electron chi connectivity index (χ3n) is 5.82. The highest BCUT2D eigenvalue weighted by molar-refractivity contribution is 7.92. The second-order valence-electron chi connectivity index (χ2n) is 8.00. The van der Waals surface area contributed by atoms with Crippen molar-refractivity contribution in [2.24, 2.45) is 0 Å². The van der Waals surface area contributed by atoms with Gasteiger partial charge in [0, 0.05) is 37.2 Å². The molecule has 1 amide bonds. The van der Waals surface area contributed by atoms with Crippen LogP contribution in [0.1, 0.15) is 41.6 Å². The lowest BCUT2D eigenvalue weighted by atomic mass is 10.1. The molecular formula is C24H28N2O4S. The minimum absolute atomic E-state index is 0.0794. The maximum absolute atomic E-state index is 12.8. The summed E-state index contributed by atoms with van der Waals surface area (Å²) >= 11 is 0. The maximum atomic E-state index is 12.8. The van der Waals surface area contributed by atoms with Gasteiger partial charge in [-0.25, -0.2) is 8.42 Å². The van der Waals surface area contributed by atoms with E-state index in [4.69, 9.17) is 4.74 Å². The summed E-state index contributed by atoms with van der Waals surface area (Å²) in [6.07, 6.45) is 6.49. The predicted octanol–water partition coefficient (Wildman–Crippen LogP) is 3.77. The Balaban J connectivity index is 1.31. The van der Waals surface area contributed by atoms with Gasteiger partial charge in [0.1, 0.15) is 5.75 Å². The minimum Gasteiger partial charge on any atom is -0.490 e. The molecule has 0 aromatic heterocycles. The molecule has 7 heteroatoms. The van der Waals surface area contributed by atoms with Crippen molar-refractivity contribution in [2.45, 2.75) is 31.8 Å². The van der Waals surface area contributed by atoms with Gasteiger partial charge in [0.15, 0.2) is 0 Å². The van der Waals surface area contributed by atoms with Gasteiger partial charge in [-0.3, -0.25) is 4.79 Å². The Morgan fingerprint density at radius 1 is 0.903 bits per heavy atom. The van der Waals surface area contributed by atoms with Crippen molar-refractivity contribution in [2.75, 3.05) is 26.2 Å². The SMILES string of the molecule is O=C(c1ccc(OC2CCCC2)cc1)N1CCN(S(=O)(=O)/C=C/c2ccccc2)CC1. The highest BCUT2D eigenvalue weighted by Crippen LogP contribution is 2.24. The number of ether oxygens (including phenoxy) is 1. The Morgan fingerprint density at radius 2 is 1.55 bits per heavy atom. The van der Waals surface area contributed by atoms with Crippen molar-refractivity contribution in [3.63, 3.8) is 0 Å². The van der Waals surface area contributed by atoms with Crippen LogP contribution in [0.25, 0.3) is 6.08 Å². The van der Waals surface area contributed by atoms with Crippen LogP contribution < -0.4 is 4.74 Å². The molecule has 6 nitrogen and oxygen atoms in total. The highest BCUT2D eigenvalue weighted by Gasteiger charge is 2.28. The molecule has 1 saturated heterocycles. The molecule has 1 aliphatic heterocycles. The first-order valence-electron chi connectivity index (χ1n) is 10.8. The van der Waals surface area contributed by atoms with Gasteiger partial charge in [-0.1, -0.05) is 30.3 Å². The van der Waals surface area contributed by atoms with Crippen molar-refractivity contribution in [3.05, 3.63) is 71.1 Å². The molecule has 2 aromatic rings. The van der Waals surface area contributed by atoms with Gasteiger partial charge in [-0.05, 0) is 61.6 Å². The molecule has 0 atom stereocenters. The van der Waals surface area contributed by atoms with E-state index in [1.165, 1.54) is 22.6 Å². The molecule has 2 aromatic carbocycles. The summed E-state index contributed by atoms with van der Waals surface area (Å²) in [5.41, 5.74) is 1.43. The summed E-state index contributed by atoms with van der Waals surface area (Å²) in [6, 6.07) is 16.6. The zero-order valence-electron chi connectivity index (χ0n) is 17.5. The van der Waals surface area contributed by atoms with E-state index in [0.29, 0.717) is 18.7 Å². The average molecular weight is 441 g/mol. The summed E-state index contributed by atoms with van der Waals surface area (Å²) in [7, 11) is -3.51. The monoisotopic (exact) mass is 440 g/mol. The van der Waals surface area contributed by atoms with Crippen LogP contribution in [0.15, 0.2) is 60.0 Å². The van der Waals surface area contributed by atoms with Crippen LogP contribution in [0.2, 0.25) is 0 Å². The number of nitrogens with zero attached hydrogens (tertiary/aromatic N) is 2. The summed E-state index contributed by atoms with van der Waals surface area (Å²) in [4.78, 5) is 14.5. The van der Waals surface area contributed by atoms with E-state index in [9.17, 15) is 13.2 Å². The molecule has 31 heavy (non-hydrogen) atoms. The van der Waals surface area contributed by atoms with Gasteiger partial charge >= 0.3 is 0 Å². The van der Waals surface area contributed by atoms with Crippen molar-refractivity contribution < 1.29 is 17.9 Å². The first kappa shape index (κ1) is 21.6. The van der Waals surface area contributed by atoms with Gasteiger partial charge in [-0.2, -0.15) is 4.31 Å². The molecule has 164 valence electrons. The fraction of sp³-hybridized carbons (Fsp3) is 0.375. The predicted molar refractivity (Wildman–Crippen MR) is 121 cm³/mol. The molecule has 0 radical (unpaired) electrons. The summed E-state index contributed by atoms with van der Waals surface area (Å²) in [5.74, 6) is 0.717. The fourth-order valence-corrected chi connectivity index (χ4v) is 5.19. The number of piperazine rings is 1. The molecule has 1 saturated carbocycles. The van der Waals surface area contributed by atoms with Crippen molar-refractivity contribution in [3.8, 4) is 5.75 Å². The van der Waals surface area contributed by atoms with Gasteiger partial charge in [0.25, 0.3) is 5.91 Å². The van der Waals surface area contributed by atoms with Crippen molar-refractivity contribution >= 4 is 22.0 Å². The zero-order chi connectivity index (χ0) is 21.7. The van der Waals surface area contributed by atoms with Gasteiger partial charge in [0.2, 0.25) is 10.0 Å². The van der Waals surface area contributed by atoms with Crippen molar-refractivity contribution in [1.82, 2.24) is 9.21 Å². The van der Waals surface area contributed by atoms with Crippen LogP contribution in [0.3, 0.4) is 0 Å². The molecule has 1 heterocycles. The Kier molecular flexibility index (Phi) is 6.73. The van der Waals surface area contributed by atoms with Gasteiger partial charge < -0.3 is 9.64 Å². The van der Waals surface area contributed by atoms with Crippen LogP contribution >= 0.6 is 0 Å². The maximum Gasteiger partial charge on any atom is 0.253 e. The lowest BCUT2D eigenvalue weighted by molar-refractivity contribution is 0.0698. The third kappa shape index (κ3) is 5.54. The van der Waals surface area contributed by atoms with E-state index in [0.717, 1.165) is 24.2 Å². The summed E-state index contributed by atoms with van der Waals surface area (Å²) < 4.78 is 32.6. The zero-order valence-corrected chi connectivity index (χ0v) is 18.3. The quantitative estimate of drug-likeness (QED) is 0.686. The average Bonchev–Trinajstić information content (AvgIpc) is 3.32. The third-order valence-corrected chi connectivity index (χ3v) is 7.39. The second-order valence-corrected chi connectivity index (χ2v) is 9.82. The molecule has 0 unspecified atom stereocenters. The molecular weight excluding hydrogens is 412 g/mol. The second kappa shape index (κ2) is 9.66. The number of rotatable bonds is 6. The van der Waals surface area contributed by atoms with Gasteiger partial charge in [0.05, 0.1) is 6.10 Å². The number of sulfonamides is 1. The number of amides is 1. The van der Waals surface area contributed by atoms with Crippen LogP contribution in [0, 0.1) is 0 Å². The van der Waals surface area contributed by atoms with Crippen molar-refractivity contribution in [1.29, 1.82) is 0 Å². The number of carbonyl (C=O) groups excluding carboxylic acids is 1. The normalized spacial score (nSPS) is 18.5. The Bertz CT molecular complexity index is 1010. The fourth-order valence-electron chi connectivity index (χ4n) is 4.02. The number of hydrogen-bond acceptors (Lipinski definition) is 4. The number of carbonyl (C=O) groups is 1. The van der Waals surface area contributed by atoms with E-state index in [2.05, 4.69) is 0 Å². The van der Waals surface area contributed by atoms with E-state index in [1.807, 2.05) is 42.5 Å². The summed E-state index contributed by atoms with van der Waals surface area (Å²) in [6.45, 7) is 1.32. The van der Waals surface area contributed by atoms with E-state index < -0.39 is 10.0 Å². The standard InChI is InChI=1S/C24H28N2O4S/c27-24(21-10-12-23(13-11-21)30-22-8-4-5-9-22)25-15-17-26(18-16-25)31(28,29)19-14-20-6-2-1-3-7-20/h1-3,6-7,10-14,19,22H,4-5,8-9,15-18H2/b19-14+. The topological polar surface area (TPSA) is 66.9 Å². The first-order valence-corrected chi connectivity index (χ1v) is 12.3.